The number of carbonyl (C=O) groups is 1. The van der Waals surface area contributed by atoms with E-state index in [1.54, 1.807) is 17.4 Å². The Hall–Kier alpha value is -2.74. The fourth-order valence-corrected chi connectivity index (χ4v) is 3.16. The number of carbonyl (C=O) groups excluding carboxylic acids is 1. The van der Waals surface area contributed by atoms with E-state index in [4.69, 9.17) is 4.74 Å². The number of fused-ring (bicyclic) bond motifs is 1. The van der Waals surface area contributed by atoms with Gasteiger partial charge in [0.05, 0.1) is 13.2 Å². The van der Waals surface area contributed by atoms with Crippen LogP contribution in [-0.2, 0) is 11.3 Å². The second-order valence-corrected chi connectivity index (χ2v) is 6.11. The summed E-state index contributed by atoms with van der Waals surface area (Å²) < 4.78 is 9.68. The van der Waals surface area contributed by atoms with E-state index in [1.165, 1.54) is 0 Å². The van der Waals surface area contributed by atoms with Crippen molar-refractivity contribution in [2.24, 2.45) is 0 Å². The molecule has 1 aliphatic heterocycles. The van der Waals surface area contributed by atoms with Crippen LogP contribution in [0, 0.1) is 6.92 Å². The molecule has 0 aromatic carbocycles. The molecule has 0 unspecified atom stereocenters. The minimum atomic E-state index is -0.265. The third kappa shape index (κ3) is 2.78. The lowest BCUT2D eigenvalue weighted by atomic mass is 10.2. The van der Waals surface area contributed by atoms with Gasteiger partial charge in [0.15, 0.2) is 5.82 Å². The van der Waals surface area contributed by atoms with Gasteiger partial charge in [-0.3, -0.25) is 4.79 Å². The van der Waals surface area contributed by atoms with Crippen molar-refractivity contribution < 1.29 is 9.53 Å². The number of imidazole rings is 1. The maximum absolute atomic E-state index is 12.9. The quantitative estimate of drug-likeness (QED) is 0.721. The molecule has 0 N–H and O–H groups in total. The topological polar surface area (TPSA) is 77.6 Å². The third-order valence-electron chi connectivity index (χ3n) is 4.54. The fourth-order valence-electron chi connectivity index (χ4n) is 3.16. The van der Waals surface area contributed by atoms with Gasteiger partial charge in [0.25, 0.3) is 5.91 Å². The number of pyridine rings is 1. The molecular weight excluding hydrogens is 320 g/mol. The van der Waals surface area contributed by atoms with Crippen LogP contribution in [0.3, 0.4) is 0 Å². The summed E-state index contributed by atoms with van der Waals surface area (Å²) in [4.78, 5) is 19.1. The zero-order valence-corrected chi connectivity index (χ0v) is 14.3. The van der Waals surface area contributed by atoms with Crippen molar-refractivity contribution in [1.29, 1.82) is 0 Å². The Bertz CT molecular complexity index is 915. The van der Waals surface area contributed by atoms with E-state index in [-0.39, 0.29) is 12.0 Å². The zero-order chi connectivity index (χ0) is 17.4. The van der Waals surface area contributed by atoms with Gasteiger partial charge in [-0.1, -0.05) is 6.07 Å². The van der Waals surface area contributed by atoms with E-state index in [0.717, 1.165) is 23.7 Å². The Morgan fingerprint density at radius 1 is 1.40 bits per heavy atom. The van der Waals surface area contributed by atoms with Crippen LogP contribution in [-0.4, -0.2) is 54.7 Å². The largest absolute Gasteiger partial charge is 0.366 e. The number of aryl methyl sites for hydroxylation is 2. The zero-order valence-electron chi connectivity index (χ0n) is 14.3. The number of aromatic nitrogens is 5. The van der Waals surface area contributed by atoms with Gasteiger partial charge in [0.1, 0.15) is 23.8 Å². The van der Waals surface area contributed by atoms with E-state index in [2.05, 4.69) is 15.2 Å². The highest BCUT2D eigenvalue weighted by molar-refractivity contribution is 5.93. The second-order valence-electron chi connectivity index (χ2n) is 6.11. The molecule has 3 aromatic rings. The van der Waals surface area contributed by atoms with Gasteiger partial charge in [-0.05, 0) is 26.0 Å². The number of hydrogen-bond acceptors (Lipinski definition) is 5. The summed E-state index contributed by atoms with van der Waals surface area (Å²) in [5, 5.41) is 8.10. The second kappa shape index (κ2) is 6.29. The van der Waals surface area contributed by atoms with Crippen LogP contribution in [0.2, 0.25) is 0 Å². The van der Waals surface area contributed by atoms with Crippen LogP contribution in [0.1, 0.15) is 35.0 Å². The van der Waals surface area contributed by atoms with Crippen molar-refractivity contribution in [3.8, 4) is 0 Å². The first kappa shape index (κ1) is 15.8. The summed E-state index contributed by atoms with van der Waals surface area (Å²) in [6.45, 7) is 6.25. The summed E-state index contributed by atoms with van der Waals surface area (Å²) in [5.41, 5.74) is 2.27. The molecule has 1 saturated heterocycles. The lowest BCUT2D eigenvalue weighted by Gasteiger charge is -2.32. The minimum Gasteiger partial charge on any atom is -0.366 e. The van der Waals surface area contributed by atoms with Crippen LogP contribution >= 0.6 is 0 Å². The standard InChI is InChI=1S/C17H20N6O2/c1-3-21-11-18-20-16(21)14-10-22(7-8-25-14)17(24)13-9-23-12(2)5-4-6-15(23)19-13/h4-6,9,11,14H,3,7-8,10H2,1-2H3/t14-/m1/s1. The molecule has 0 spiro atoms. The Balaban J connectivity index is 1.58. The minimum absolute atomic E-state index is 0.0843. The maximum atomic E-state index is 12.9. The number of hydrogen-bond donors (Lipinski definition) is 0. The molecule has 0 saturated carbocycles. The van der Waals surface area contributed by atoms with Crippen LogP contribution in [0.4, 0.5) is 0 Å². The number of nitrogens with zero attached hydrogens (tertiary/aromatic N) is 6. The van der Waals surface area contributed by atoms with E-state index >= 15 is 0 Å². The van der Waals surface area contributed by atoms with Crippen molar-refractivity contribution in [3.63, 3.8) is 0 Å². The molecule has 8 nitrogen and oxygen atoms in total. The molecule has 8 heteroatoms. The molecule has 0 bridgehead atoms. The van der Waals surface area contributed by atoms with Crippen molar-refractivity contribution in [2.45, 2.75) is 26.5 Å². The molecule has 3 aromatic heterocycles. The maximum Gasteiger partial charge on any atom is 0.274 e. The molecule has 4 heterocycles. The summed E-state index contributed by atoms with van der Waals surface area (Å²) in [6.07, 6.45) is 3.22. The highest BCUT2D eigenvalue weighted by Crippen LogP contribution is 2.22. The first-order chi connectivity index (χ1) is 12.2. The SMILES string of the molecule is CCn1cnnc1[C@H]1CN(C(=O)c2cn3c(C)cccc3n2)CCO1. The first-order valence-corrected chi connectivity index (χ1v) is 8.40. The lowest BCUT2D eigenvalue weighted by Crippen LogP contribution is -2.43. The predicted molar refractivity (Wildman–Crippen MR) is 90.2 cm³/mol. The van der Waals surface area contributed by atoms with E-state index in [0.29, 0.717) is 25.4 Å². The summed E-state index contributed by atoms with van der Waals surface area (Å²) >= 11 is 0. The van der Waals surface area contributed by atoms with Crippen LogP contribution < -0.4 is 0 Å². The van der Waals surface area contributed by atoms with Crippen molar-refractivity contribution >= 4 is 11.6 Å². The number of amides is 1. The fraction of sp³-hybridized carbons (Fsp3) is 0.412. The van der Waals surface area contributed by atoms with Crippen LogP contribution in [0.15, 0.2) is 30.7 Å². The molecule has 1 fully saturated rings. The first-order valence-electron chi connectivity index (χ1n) is 8.40. The summed E-state index contributed by atoms with van der Waals surface area (Å²) in [5.74, 6) is 0.671. The van der Waals surface area contributed by atoms with Crippen molar-refractivity contribution in [3.05, 3.63) is 47.9 Å². The number of rotatable bonds is 3. The van der Waals surface area contributed by atoms with E-state index in [9.17, 15) is 4.79 Å². The highest BCUT2D eigenvalue weighted by atomic mass is 16.5. The Morgan fingerprint density at radius 2 is 2.28 bits per heavy atom. The molecule has 1 aliphatic rings. The molecular formula is C17H20N6O2. The molecule has 1 amide bonds. The number of ether oxygens (including phenoxy) is 1. The van der Waals surface area contributed by atoms with Crippen molar-refractivity contribution in [2.75, 3.05) is 19.7 Å². The van der Waals surface area contributed by atoms with E-state index < -0.39 is 0 Å². The van der Waals surface area contributed by atoms with Gasteiger partial charge in [0, 0.05) is 25.0 Å². The summed E-state index contributed by atoms with van der Waals surface area (Å²) in [7, 11) is 0. The molecule has 4 rings (SSSR count). The average Bonchev–Trinajstić information content (AvgIpc) is 3.28. The molecule has 25 heavy (non-hydrogen) atoms. The Kier molecular flexibility index (Phi) is 3.96. The number of morpholine rings is 1. The lowest BCUT2D eigenvalue weighted by molar-refractivity contribution is -0.0285. The van der Waals surface area contributed by atoms with Gasteiger partial charge in [0.2, 0.25) is 0 Å². The highest BCUT2D eigenvalue weighted by Gasteiger charge is 2.30. The smallest absolute Gasteiger partial charge is 0.274 e. The van der Waals surface area contributed by atoms with Gasteiger partial charge in [-0.2, -0.15) is 0 Å². The van der Waals surface area contributed by atoms with Gasteiger partial charge in [-0.25, -0.2) is 4.98 Å². The van der Waals surface area contributed by atoms with E-state index in [1.807, 2.05) is 41.0 Å². The normalized spacial score (nSPS) is 18.0. The predicted octanol–water partition coefficient (Wildman–Crippen LogP) is 1.47. The average molecular weight is 340 g/mol. The third-order valence-corrected chi connectivity index (χ3v) is 4.54. The Labute approximate surface area is 145 Å². The molecule has 0 radical (unpaired) electrons. The van der Waals surface area contributed by atoms with Gasteiger partial charge >= 0.3 is 0 Å². The van der Waals surface area contributed by atoms with Crippen LogP contribution in [0.5, 0.6) is 0 Å². The van der Waals surface area contributed by atoms with Crippen LogP contribution in [0.25, 0.3) is 5.65 Å². The monoisotopic (exact) mass is 340 g/mol. The Morgan fingerprint density at radius 3 is 3.08 bits per heavy atom. The molecule has 130 valence electrons. The molecule has 1 atom stereocenters. The molecule has 0 aliphatic carbocycles. The van der Waals surface area contributed by atoms with Crippen molar-refractivity contribution in [1.82, 2.24) is 29.0 Å². The van der Waals surface area contributed by atoms with Gasteiger partial charge < -0.3 is 18.6 Å². The summed E-state index contributed by atoms with van der Waals surface area (Å²) in [6, 6.07) is 5.83. The van der Waals surface area contributed by atoms with Gasteiger partial charge in [-0.15, -0.1) is 10.2 Å².